The van der Waals surface area contributed by atoms with Gasteiger partial charge in [-0.2, -0.15) is 4.98 Å². The molecular formula is C37H39N5O3. The first-order valence-electron chi connectivity index (χ1n) is 16.0. The molecule has 5 aromatic rings. The van der Waals surface area contributed by atoms with Crippen LogP contribution in [0.4, 0.5) is 17.4 Å². The lowest BCUT2D eigenvalue weighted by molar-refractivity contribution is 0.0675. The van der Waals surface area contributed by atoms with Gasteiger partial charge in [0.1, 0.15) is 22.6 Å². The Morgan fingerprint density at radius 1 is 0.756 bits per heavy atom. The van der Waals surface area contributed by atoms with Crippen molar-refractivity contribution >= 4 is 34.4 Å². The number of nitrogens with one attached hydrogen (secondary N) is 1. The zero-order valence-electron chi connectivity index (χ0n) is 26.3. The molecule has 0 unspecified atom stereocenters. The molecule has 0 radical (unpaired) electrons. The van der Waals surface area contributed by atoms with Crippen molar-refractivity contribution in [2.75, 3.05) is 54.4 Å². The molecule has 8 heteroatoms. The molecule has 230 valence electrons. The van der Waals surface area contributed by atoms with Crippen LogP contribution >= 0.6 is 0 Å². The fourth-order valence-electron chi connectivity index (χ4n) is 7.12. The number of nitrogens with zero attached hydrogens (tertiary/aromatic N) is 4. The van der Waals surface area contributed by atoms with Crippen LogP contribution < -0.4 is 19.9 Å². The van der Waals surface area contributed by atoms with E-state index >= 15 is 0 Å². The quantitative estimate of drug-likeness (QED) is 0.178. The van der Waals surface area contributed by atoms with E-state index in [0.29, 0.717) is 24.7 Å². The Hall–Kier alpha value is -4.98. The smallest absolute Gasteiger partial charge is 0.295 e. The van der Waals surface area contributed by atoms with Gasteiger partial charge in [0.15, 0.2) is 5.58 Å². The molecule has 0 aliphatic carbocycles. The average molecular weight is 602 g/mol. The third-order valence-electron chi connectivity index (χ3n) is 9.29. The monoisotopic (exact) mass is 601 g/mol. The van der Waals surface area contributed by atoms with E-state index in [2.05, 4.69) is 90.3 Å². The van der Waals surface area contributed by atoms with Gasteiger partial charge in [-0.1, -0.05) is 42.5 Å². The van der Waals surface area contributed by atoms with E-state index in [-0.39, 0.29) is 5.91 Å². The van der Waals surface area contributed by atoms with E-state index in [1.54, 1.807) is 0 Å². The number of rotatable bonds is 10. The van der Waals surface area contributed by atoms with E-state index in [9.17, 15) is 4.79 Å². The SMILES string of the molecule is CCN(CC)c1ccc2c(c1)Oc1cc(N(CC)CC)ccc1C21c2ccccc2C(=O)N1CCNc1nc2ccccc2o1. The lowest BCUT2D eigenvalue weighted by Gasteiger charge is -2.45. The minimum atomic E-state index is -0.872. The number of benzene rings is 4. The maximum absolute atomic E-state index is 14.4. The summed E-state index contributed by atoms with van der Waals surface area (Å²) in [7, 11) is 0. The van der Waals surface area contributed by atoms with Crippen molar-refractivity contribution in [3.63, 3.8) is 0 Å². The third-order valence-corrected chi connectivity index (χ3v) is 9.29. The molecule has 1 aromatic heterocycles. The molecule has 0 saturated heterocycles. The molecule has 45 heavy (non-hydrogen) atoms. The van der Waals surface area contributed by atoms with Gasteiger partial charge in [-0.3, -0.25) is 4.79 Å². The average Bonchev–Trinajstić information content (AvgIpc) is 3.59. The molecule has 0 atom stereocenters. The minimum Gasteiger partial charge on any atom is -0.456 e. The summed E-state index contributed by atoms with van der Waals surface area (Å²) in [5.41, 5.74) is 6.43. The first-order valence-corrected chi connectivity index (χ1v) is 16.0. The number of aromatic nitrogens is 1. The van der Waals surface area contributed by atoms with Gasteiger partial charge in [-0.25, -0.2) is 0 Å². The van der Waals surface area contributed by atoms with Crippen LogP contribution in [0.1, 0.15) is 54.7 Å². The Morgan fingerprint density at radius 3 is 1.98 bits per heavy atom. The largest absolute Gasteiger partial charge is 0.456 e. The van der Waals surface area contributed by atoms with E-state index in [4.69, 9.17) is 9.15 Å². The fourth-order valence-corrected chi connectivity index (χ4v) is 7.12. The second-order valence-electron chi connectivity index (χ2n) is 11.4. The summed E-state index contributed by atoms with van der Waals surface area (Å²) in [6.45, 7) is 13.1. The van der Waals surface area contributed by atoms with Crippen LogP contribution in [-0.2, 0) is 5.54 Å². The normalized spacial score (nSPS) is 14.2. The van der Waals surface area contributed by atoms with Crippen molar-refractivity contribution in [1.82, 2.24) is 9.88 Å². The van der Waals surface area contributed by atoms with Crippen LogP contribution in [-0.4, -0.2) is 55.1 Å². The topological polar surface area (TPSA) is 74.1 Å². The lowest BCUT2D eigenvalue weighted by atomic mass is 9.74. The van der Waals surface area contributed by atoms with E-state index in [1.807, 2.05) is 47.4 Å². The number of oxazole rings is 1. The number of anilines is 3. The first kappa shape index (κ1) is 28.8. The Labute approximate surface area is 264 Å². The molecule has 0 saturated carbocycles. The number of carbonyl (C=O) groups is 1. The standard InChI is InChI=1S/C37H39N5O3/c1-5-40(6-2)25-17-19-29-33(23-25)44-34-24-26(41(7-3)8-4)18-20-30(34)37(29)28-14-10-9-13-27(28)35(43)42(37)22-21-38-36-39-31-15-11-12-16-32(31)45-36/h9-20,23-24H,5-8,21-22H2,1-4H3,(H,38,39). The summed E-state index contributed by atoms with van der Waals surface area (Å²) in [5.74, 6) is 1.53. The van der Waals surface area contributed by atoms with E-state index in [0.717, 1.165) is 76.8 Å². The van der Waals surface area contributed by atoms with Crippen molar-refractivity contribution in [3.8, 4) is 11.5 Å². The summed E-state index contributed by atoms with van der Waals surface area (Å²) in [4.78, 5) is 25.6. The number of fused-ring (bicyclic) bond motifs is 7. The summed E-state index contributed by atoms with van der Waals surface area (Å²) in [6, 6.07) is 29.0. The number of hydrogen-bond acceptors (Lipinski definition) is 7. The minimum absolute atomic E-state index is 0.00981. The van der Waals surface area contributed by atoms with Gasteiger partial charge in [0, 0.05) is 79.5 Å². The fraction of sp³-hybridized carbons (Fsp3) is 0.297. The Morgan fingerprint density at radius 2 is 1.36 bits per heavy atom. The van der Waals surface area contributed by atoms with Gasteiger partial charge < -0.3 is 29.2 Å². The van der Waals surface area contributed by atoms with Crippen molar-refractivity contribution in [3.05, 3.63) is 107 Å². The molecule has 8 nitrogen and oxygen atoms in total. The number of amides is 1. The van der Waals surface area contributed by atoms with Crippen LogP contribution in [0.2, 0.25) is 0 Å². The zero-order chi connectivity index (χ0) is 31.1. The van der Waals surface area contributed by atoms with Crippen molar-refractivity contribution in [2.24, 2.45) is 0 Å². The van der Waals surface area contributed by atoms with Crippen LogP contribution in [0.15, 0.2) is 89.3 Å². The van der Waals surface area contributed by atoms with Gasteiger partial charge in [0.25, 0.3) is 11.9 Å². The van der Waals surface area contributed by atoms with Crippen LogP contribution in [0.25, 0.3) is 11.1 Å². The number of carbonyl (C=O) groups excluding carboxylic acids is 1. The zero-order valence-corrected chi connectivity index (χ0v) is 26.3. The summed E-state index contributed by atoms with van der Waals surface area (Å²) in [6.07, 6.45) is 0. The third kappa shape index (κ3) is 4.50. The molecule has 0 bridgehead atoms. The highest BCUT2D eigenvalue weighted by atomic mass is 16.5. The van der Waals surface area contributed by atoms with Crippen LogP contribution in [0, 0.1) is 0 Å². The molecule has 0 fully saturated rings. The second-order valence-corrected chi connectivity index (χ2v) is 11.4. The van der Waals surface area contributed by atoms with Crippen molar-refractivity contribution in [1.29, 1.82) is 0 Å². The Balaban J connectivity index is 1.38. The van der Waals surface area contributed by atoms with E-state index < -0.39 is 5.54 Å². The first-order chi connectivity index (χ1) is 22.0. The number of ether oxygens (including phenoxy) is 1. The van der Waals surface area contributed by atoms with Gasteiger partial charge in [0.2, 0.25) is 0 Å². The summed E-state index contributed by atoms with van der Waals surface area (Å²) in [5, 5.41) is 3.34. The molecule has 4 aromatic carbocycles. The summed E-state index contributed by atoms with van der Waals surface area (Å²) < 4.78 is 12.7. The highest BCUT2D eigenvalue weighted by Gasteiger charge is 2.56. The molecule has 1 spiro atoms. The molecule has 1 amide bonds. The van der Waals surface area contributed by atoms with Gasteiger partial charge in [-0.05, 0) is 63.6 Å². The number of hydrogen-bond donors (Lipinski definition) is 1. The van der Waals surface area contributed by atoms with Crippen molar-refractivity contribution < 1.29 is 13.9 Å². The molecule has 2 aliphatic rings. The molecule has 2 aliphatic heterocycles. The predicted molar refractivity (Wildman–Crippen MR) is 180 cm³/mol. The Kier molecular flexibility index (Phi) is 7.36. The Bertz CT molecular complexity index is 1780. The molecule has 3 heterocycles. The van der Waals surface area contributed by atoms with Gasteiger partial charge >= 0.3 is 0 Å². The second kappa shape index (κ2) is 11.5. The number of para-hydroxylation sites is 2. The molecular weight excluding hydrogens is 562 g/mol. The molecule has 7 rings (SSSR count). The van der Waals surface area contributed by atoms with Gasteiger partial charge in [-0.15, -0.1) is 0 Å². The van der Waals surface area contributed by atoms with Crippen LogP contribution in [0.5, 0.6) is 11.5 Å². The van der Waals surface area contributed by atoms with E-state index in [1.165, 1.54) is 0 Å². The van der Waals surface area contributed by atoms with Gasteiger partial charge in [0.05, 0.1) is 0 Å². The maximum atomic E-state index is 14.4. The highest BCUT2D eigenvalue weighted by molar-refractivity contribution is 6.02. The highest BCUT2D eigenvalue weighted by Crippen LogP contribution is 2.58. The lowest BCUT2D eigenvalue weighted by Crippen LogP contribution is -2.49. The van der Waals surface area contributed by atoms with Crippen molar-refractivity contribution in [2.45, 2.75) is 33.2 Å². The van der Waals surface area contributed by atoms with Crippen LogP contribution in [0.3, 0.4) is 0 Å². The summed E-state index contributed by atoms with van der Waals surface area (Å²) >= 11 is 0. The predicted octanol–water partition coefficient (Wildman–Crippen LogP) is 7.49. The molecule has 1 N–H and O–H groups in total. The maximum Gasteiger partial charge on any atom is 0.295 e.